The maximum absolute atomic E-state index is 13.3. The minimum atomic E-state index is -2.01. The lowest BCUT2D eigenvalue weighted by atomic mass is 9.70. The Morgan fingerprint density at radius 2 is 1.46 bits per heavy atom. The minimum absolute atomic E-state index is 0.0656. The fraction of sp³-hybridized carbons (Fsp3) is 0.762. The van der Waals surface area contributed by atoms with Crippen molar-refractivity contribution in [2.75, 3.05) is 14.2 Å². The maximum Gasteiger partial charge on any atom is 0.330 e. The van der Waals surface area contributed by atoms with Gasteiger partial charge < -0.3 is 53.6 Å². The van der Waals surface area contributed by atoms with Crippen molar-refractivity contribution >= 4 is 23.9 Å². The molecule has 0 unspecified atom stereocenters. The van der Waals surface area contributed by atoms with Crippen LogP contribution >= 0.6 is 0 Å². The zero-order chi connectivity index (χ0) is 42.7. The first kappa shape index (κ1) is 46.5. The van der Waals surface area contributed by atoms with Crippen molar-refractivity contribution in [1.82, 2.24) is 0 Å². The van der Waals surface area contributed by atoms with Crippen molar-refractivity contribution in [3.05, 3.63) is 35.5 Å². The number of hydrogen-bond acceptors (Lipinski definition) is 15. The van der Waals surface area contributed by atoms with Gasteiger partial charge in [-0.25, -0.2) is 9.59 Å². The van der Waals surface area contributed by atoms with Crippen LogP contribution in [0.3, 0.4) is 0 Å². The quantitative estimate of drug-likeness (QED) is 0.137. The van der Waals surface area contributed by atoms with Crippen LogP contribution in [-0.2, 0) is 52.3 Å². The van der Waals surface area contributed by atoms with E-state index < -0.39 is 107 Å². The van der Waals surface area contributed by atoms with Crippen molar-refractivity contribution in [2.24, 2.45) is 16.2 Å². The van der Waals surface area contributed by atoms with Crippen molar-refractivity contribution in [2.45, 2.75) is 174 Å². The van der Waals surface area contributed by atoms with Crippen LogP contribution < -0.4 is 0 Å². The number of rotatable bonds is 4. The van der Waals surface area contributed by atoms with E-state index in [-0.39, 0.29) is 51.4 Å². The number of hydrogen-bond donors (Lipinski definition) is 4. The third-order valence-corrected chi connectivity index (χ3v) is 11.7. The second kappa shape index (κ2) is 18.0. The van der Waals surface area contributed by atoms with E-state index >= 15 is 0 Å². The minimum Gasteiger partial charge on any atom is -0.466 e. The Hall–Kier alpha value is -3.18. The molecule has 0 spiro atoms. The summed E-state index contributed by atoms with van der Waals surface area (Å²) >= 11 is 0. The van der Waals surface area contributed by atoms with Crippen LogP contribution in [0, 0.1) is 16.2 Å². The van der Waals surface area contributed by atoms with Crippen LogP contribution in [0.1, 0.15) is 113 Å². The highest BCUT2D eigenvalue weighted by molar-refractivity contribution is 5.83. The Bertz CT molecular complexity index is 1570. The van der Waals surface area contributed by atoms with E-state index in [1.165, 1.54) is 33.3 Å². The number of ether oxygens (including phenoxy) is 7. The molecule has 57 heavy (non-hydrogen) atoms. The van der Waals surface area contributed by atoms with Crippen molar-refractivity contribution in [3.8, 4) is 0 Å². The molecular formula is C42H64O15. The van der Waals surface area contributed by atoms with Gasteiger partial charge in [0.1, 0.15) is 12.2 Å². The number of esters is 4. The maximum atomic E-state index is 13.3. The number of methoxy groups -OCH3 is 2. The molecule has 3 saturated heterocycles. The Kier molecular flexibility index (Phi) is 14.7. The highest BCUT2D eigenvalue weighted by Crippen LogP contribution is 2.50. The van der Waals surface area contributed by atoms with Gasteiger partial charge in [-0.05, 0) is 47.0 Å². The van der Waals surface area contributed by atoms with Gasteiger partial charge in [-0.15, -0.1) is 0 Å². The molecule has 0 radical (unpaired) electrons. The molecule has 0 aromatic heterocycles. The summed E-state index contributed by atoms with van der Waals surface area (Å²) in [5.41, 5.74) is -2.05. The Morgan fingerprint density at radius 1 is 0.860 bits per heavy atom. The van der Waals surface area contributed by atoms with E-state index in [0.29, 0.717) is 11.1 Å². The molecule has 3 fully saturated rings. The average Bonchev–Trinajstić information content (AvgIpc) is 3.08. The van der Waals surface area contributed by atoms with E-state index in [4.69, 9.17) is 33.2 Å². The zero-order valence-electron chi connectivity index (χ0n) is 35.1. The second-order valence-corrected chi connectivity index (χ2v) is 18.3. The van der Waals surface area contributed by atoms with Gasteiger partial charge in [0, 0.05) is 49.7 Å². The summed E-state index contributed by atoms with van der Waals surface area (Å²) in [6.45, 7) is 13.5. The molecule has 4 rings (SSSR count). The predicted molar refractivity (Wildman–Crippen MR) is 204 cm³/mol. The molecule has 0 aromatic rings. The zero-order valence-corrected chi connectivity index (χ0v) is 35.1. The van der Waals surface area contributed by atoms with Gasteiger partial charge >= 0.3 is 23.9 Å². The van der Waals surface area contributed by atoms with Gasteiger partial charge in [0.25, 0.3) is 0 Å². The Labute approximate surface area is 335 Å². The number of carbonyl (C=O) groups is 4. The van der Waals surface area contributed by atoms with Crippen molar-refractivity contribution in [3.63, 3.8) is 0 Å². The highest BCUT2D eigenvalue weighted by Gasteiger charge is 2.58. The molecule has 0 aromatic carbocycles. The van der Waals surface area contributed by atoms with Gasteiger partial charge in [-0.2, -0.15) is 0 Å². The van der Waals surface area contributed by atoms with E-state index in [1.807, 2.05) is 0 Å². The Morgan fingerprint density at radius 3 is 2.05 bits per heavy atom. The number of cyclic esters (lactones) is 1. The average molecular weight is 809 g/mol. The molecule has 6 bridgehead atoms. The lowest BCUT2D eigenvalue weighted by Crippen LogP contribution is -2.62. The third kappa shape index (κ3) is 11.5. The molecule has 322 valence electrons. The Balaban J connectivity index is 1.82. The summed E-state index contributed by atoms with van der Waals surface area (Å²) in [6, 6.07) is 0. The standard InChI is InChI=1S/C42H64O15/c1-24(43)32-20-29-15-26(17-35(46)52-10)22-41(49,56-29)39(5,6)12-11-28-13-25(16-34(45)51-9)14-31(53-28)23-42(50)40(7,8)33(55-37(48)38(2,3)4)21-30(57-42)18-27(44)19-36(47)54-32/h11-12,16-17,24,27-33,43-44,49-50H,13-15,18-23H2,1-10H3/b12-11+,25-16+,26-17-/t24-,27-,28+,29+,30-,31+,32-,33+,41-,42+/m1/s1. The van der Waals surface area contributed by atoms with Gasteiger partial charge in [0.05, 0.1) is 68.1 Å². The molecule has 10 atom stereocenters. The summed E-state index contributed by atoms with van der Waals surface area (Å²) in [7, 11) is 2.51. The first-order valence-electron chi connectivity index (χ1n) is 19.8. The van der Waals surface area contributed by atoms with Gasteiger partial charge in [-0.3, -0.25) is 9.59 Å². The van der Waals surface area contributed by atoms with Crippen LogP contribution in [-0.4, -0.2) is 119 Å². The smallest absolute Gasteiger partial charge is 0.330 e. The molecule has 4 aliphatic heterocycles. The summed E-state index contributed by atoms with van der Waals surface area (Å²) in [5, 5.41) is 46.7. The van der Waals surface area contributed by atoms with Crippen LogP contribution in [0.2, 0.25) is 0 Å². The predicted octanol–water partition coefficient (Wildman–Crippen LogP) is 3.87. The summed E-state index contributed by atoms with van der Waals surface area (Å²) < 4.78 is 40.9. The van der Waals surface area contributed by atoms with E-state index in [1.54, 1.807) is 60.6 Å². The van der Waals surface area contributed by atoms with Crippen LogP contribution in [0.5, 0.6) is 0 Å². The fourth-order valence-corrected chi connectivity index (χ4v) is 7.84. The normalized spacial score (nSPS) is 37.6. The number of aliphatic hydroxyl groups is 4. The first-order valence-corrected chi connectivity index (χ1v) is 19.8. The summed E-state index contributed by atoms with van der Waals surface area (Å²) in [5.74, 6) is -6.44. The number of fused-ring (bicyclic) bond motifs is 6. The van der Waals surface area contributed by atoms with E-state index in [0.717, 1.165) is 0 Å². The molecule has 15 heteroatoms. The lowest BCUT2D eigenvalue weighted by molar-refractivity contribution is -0.349. The molecule has 0 aliphatic carbocycles. The molecule has 4 aliphatic rings. The molecule has 4 N–H and O–H groups in total. The lowest BCUT2D eigenvalue weighted by Gasteiger charge is -2.54. The molecule has 0 saturated carbocycles. The van der Waals surface area contributed by atoms with Crippen molar-refractivity contribution < 1.29 is 72.8 Å². The molecule has 4 heterocycles. The second-order valence-electron chi connectivity index (χ2n) is 18.3. The van der Waals surface area contributed by atoms with E-state index in [9.17, 15) is 39.6 Å². The first-order chi connectivity index (χ1) is 26.3. The van der Waals surface area contributed by atoms with E-state index in [2.05, 4.69) is 0 Å². The van der Waals surface area contributed by atoms with Crippen LogP contribution in [0.15, 0.2) is 35.5 Å². The number of aliphatic hydroxyl groups excluding tert-OH is 2. The van der Waals surface area contributed by atoms with Crippen molar-refractivity contribution in [1.29, 1.82) is 0 Å². The monoisotopic (exact) mass is 808 g/mol. The van der Waals surface area contributed by atoms with Gasteiger partial charge in [0.15, 0.2) is 11.6 Å². The molecule has 0 amide bonds. The van der Waals surface area contributed by atoms with Crippen LogP contribution in [0.4, 0.5) is 0 Å². The van der Waals surface area contributed by atoms with Gasteiger partial charge in [-0.1, -0.05) is 51.0 Å². The third-order valence-electron chi connectivity index (χ3n) is 11.7. The van der Waals surface area contributed by atoms with Crippen LogP contribution in [0.25, 0.3) is 0 Å². The number of carbonyl (C=O) groups excluding carboxylic acids is 4. The SMILES string of the molecule is COC(=O)/C=C1/C[C@H]2C[C@]3(O)O[C@H](C[C@@H](O)CC(=O)O[C@@H]([C@@H](C)O)C[C@@H]4C/C(=C/C(=O)OC)C[C@@](O)(O4)C(C)(C)/C=C/[C@@H](C1)O2)C[C@H](OC(=O)C(C)(C)C)C3(C)C. The molecular weight excluding hydrogens is 744 g/mol. The topological polar surface area (TPSA) is 214 Å². The molecule has 15 nitrogen and oxygen atoms in total. The highest BCUT2D eigenvalue weighted by atomic mass is 16.6. The largest absolute Gasteiger partial charge is 0.466 e. The fourth-order valence-electron chi connectivity index (χ4n) is 7.84. The van der Waals surface area contributed by atoms with Gasteiger partial charge in [0.2, 0.25) is 0 Å². The summed E-state index contributed by atoms with van der Waals surface area (Å²) in [6.07, 6.45) is -1.65. The summed E-state index contributed by atoms with van der Waals surface area (Å²) in [4.78, 5) is 51.4.